The number of esters is 1. The standard InChI is InChI=1S/C9H8O4.C6H6O3/c1-6(10)13-8-5-3-2-4-7(8)9(11)12;1-4-6(8)5(7)2-3-9-4/h2-5H,1H3,(H,11,12);2-3,8H,1H3. The predicted molar refractivity (Wildman–Crippen MR) is 76.1 cm³/mol. The number of carboxylic acid groups (broad SMARTS) is 1. The third-order valence-corrected chi connectivity index (χ3v) is 2.40. The minimum Gasteiger partial charge on any atom is -0.502 e. The molecule has 0 aliphatic heterocycles. The van der Waals surface area contributed by atoms with E-state index >= 15 is 0 Å². The molecule has 2 rings (SSSR count). The van der Waals surface area contributed by atoms with E-state index in [9.17, 15) is 14.4 Å². The van der Waals surface area contributed by atoms with Crippen LogP contribution in [0.25, 0.3) is 0 Å². The van der Waals surface area contributed by atoms with E-state index in [1.807, 2.05) is 0 Å². The molecule has 0 bridgehead atoms. The normalized spacial score (nSPS) is 9.36. The number of carbonyl (C=O) groups is 2. The molecule has 116 valence electrons. The highest BCUT2D eigenvalue weighted by atomic mass is 16.5. The van der Waals surface area contributed by atoms with Gasteiger partial charge in [0.25, 0.3) is 0 Å². The zero-order valence-electron chi connectivity index (χ0n) is 11.9. The van der Waals surface area contributed by atoms with Crippen LogP contribution in [0.4, 0.5) is 0 Å². The first-order valence-corrected chi connectivity index (χ1v) is 6.11. The number of hydrogen-bond acceptors (Lipinski definition) is 6. The van der Waals surface area contributed by atoms with Gasteiger partial charge in [0.1, 0.15) is 17.1 Å². The predicted octanol–water partition coefficient (Wildman–Crippen LogP) is 1.96. The Morgan fingerprint density at radius 3 is 2.32 bits per heavy atom. The van der Waals surface area contributed by atoms with Gasteiger partial charge in [-0.2, -0.15) is 0 Å². The van der Waals surface area contributed by atoms with Crippen LogP contribution in [0.15, 0.2) is 45.8 Å². The molecule has 0 saturated heterocycles. The Balaban J connectivity index is 0.000000235. The number of rotatable bonds is 2. The fourth-order valence-electron chi connectivity index (χ4n) is 1.39. The summed E-state index contributed by atoms with van der Waals surface area (Å²) in [6.07, 6.45) is 1.25. The van der Waals surface area contributed by atoms with Gasteiger partial charge in [-0.25, -0.2) is 4.79 Å². The Kier molecular flexibility index (Phi) is 5.88. The lowest BCUT2D eigenvalue weighted by Crippen LogP contribution is -2.06. The number of para-hydroxylation sites is 1. The smallest absolute Gasteiger partial charge is 0.339 e. The number of aryl methyl sites for hydroxylation is 1. The van der Waals surface area contributed by atoms with Crippen molar-refractivity contribution in [1.29, 1.82) is 0 Å². The zero-order chi connectivity index (χ0) is 16.7. The van der Waals surface area contributed by atoms with Crippen LogP contribution >= 0.6 is 0 Å². The minimum absolute atomic E-state index is 0.0160. The van der Waals surface area contributed by atoms with Crippen LogP contribution in [0.1, 0.15) is 23.0 Å². The van der Waals surface area contributed by atoms with E-state index in [1.165, 1.54) is 38.3 Å². The van der Waals surface area contributed by atoms with Crippen molar-refractivity contribution in [1.82, 2.24) is 0 Å². The van der Waals surface area contributed by atoms with Gasteiger partial charge < -0.3 is 19.4 Å². The van der Waals surface area contributed by atoms with Gasteiger partial charge in [0, 0.05) is 13.0 Å². The summed E-state index contributed by atoms with van der Waals surface area (Å²) in [6, 6.07) is 7.15. The van der Waals surface area contributed by atoms with Crippen molar-refractivity contribution in [3.05, 3.63) is 58.1 Å². The summed E-state index contributed by atoms with van der Waals surface area (Å²) in [7, 11) is 0. The van der Waals surface area contributed by atoms with Crippen molar-refractivity contribution < 1.29 is 29.0 Å². The van der Waals surface area contributed by atoms with E-state index in [4.69, 9.17) is 10.2 Å². The van der Waals surface area contributed by atoms with Crippen LogP contribution in [-0.2, 0) is 4.79 Å². The van der Waals surface area contributed by atoms with Crippen LogP contribution in [0.2, 0.25) is 0 Å². The molecular weight excluding hydrogens is 292 g/mol. The average molecular weight is 306 g/mol. The highest BCUT2D eigenvalue weighted by Crippen LogP contribution is 2.17. The molecule has 7 heteroatoms. The van der Waals surface area contributed by atoms with E-state index < -0.39 is 17.4 Å². The van der Waals surface area contributed by atoms with Crippen LogP contribution in [0, 0.1) is 6.92 Å². The lowest BCUT2D eigenvalue weighted by atomic mass is 10.2. The van der Waals surface area contributed by atoms with Gasteiger partial charge >= 0.3 is 11.9 Å². The maximum absolute atomic E-state index is 10.6. The van der Waals surface area contributed by atoms with Crippen molar-refractivity contribution in [3.8, 4) is 11.5 Å². The molecule has 0 aliphatic carbocycles. The summed E-state index contributed by atoms with van der Waals surface area (Å²) >= 11 is 0. The third kappa shape index (κ3) is 4.78. The number of carbonyl (C=O) groups excluding carboxylic acids is 1. The Bertz CT molecular complexity index is 731. The van der Waals surface area contributed by atoms with Gasteiger partial charge in [-0.05, 0) is 19.1 Å². The van der Waals surface area contributed by atoms with Crippen LogP contribution in [0.5, 0.6) is 11.5 Å². The molecule has 0 aliphatic rings. The second kappa shape index (κ2) is 7.63. The molecule has 0 saturated carbocycles. The molecule has 1 heterocycles. The fraction of sp³-hybridized carbons (Fsp3) is 0.133. The molecule has 2 N–H and O–H groups in total. The summed E-state index contributed by atoms with van der Waals surface area (Å²) in [5.74, 6) is -1.63. The molecule has 0 amide bonds. The zero-order valence-corrected chi connectivity index (χ0v) is 11.9. The molecule has 0 radical (unpaired) electrons. The van der Waals surface area contributed by atoms with Crippen molar-refractivity contribution >= 4 is 11.9 Å². The van der Waals surface area contributed by atoms with E-state index in [2.05, 4.69) is 9.15 Å². The maximum Gasteiger partial charge on any atom is 0.339 e. The third-order valence-electron chi connectivity index (χ3n) is 2.40. The first kappa shape index (κ1) is 17.0. The molecule has 1 aromatic carbocycles. The number of aromatic hydroxyl groups is 1. The maximum atomic E-state index is 10.6. The quantitative estimate of drug-likeness (QED) is 0.644. The molecule has 7 nitrogen and oxygen atoms in total. The number of benzene rings is 1. The minimum atomic E-state index is -1.11. The van der Waals surface area contributed by atoms with Gasteiger partial charge in [-0.1, -0.05) is 12.1 Å². The Morgan fingerprint density at radius 1 is 1.18 bits per heavy atom. The second-order valence-electron chi connectivity index (χ2n) is 4.08. The van der Waals surface area contributed by atoms with Crippen LogP contribution < -0.4 is 10.2 Å². The average Bonchev–Trinajstić information content (AvgIpc) is 2.45. The summed E-state index contributed by atoms with van der Waals surface area (Å²) < 4.78 is 9.38. The number of carboxylic acids is 1. The summed E-state index contributed by atoms with van der Waals surface area (Å²) in [6.45, 7) is 2.75. The van der Waals surface area contributed by atoms with Gasteiger partial charge in [-0.15, -0.1) is 0 Å². The van der Waals surface area contributed by atoms with Crippen molar-refractivity contribution in [2.75, 3.05) is 0 Å². The number of hydrogen-bond donors (Lipinski definition) is 2. The summed E-state index contributed by atoms with van der Waals surface area (Å²) in [5, 5.41) is 17.5. The summed E-state index contributed by atoms with van der Waals surface area (Å²) in [5.41, 5.74) is -0.420. The van der Waals surface area contributed by atoms with Gasteiger partial charge in [0.2, 0.25) is 11.2 Å². The van der Waals surface area contributed by atoms with E-state index in [0.717, 1.165) is 0 Å². The molecule has 22 heavy (non-hydrogen) atoms. The van der Waals surface area contributed by atoms with E-state index in [-0.39, 0.29) is 22.8 Å². The molecule has 0 spiro atoms. The highest BCUT2D eigenvalue weighted by molar-refractivity contribution is 5.91. The van der Waals surface area contributed by atoms with E-state index in [0.29, 0.717) is 0 Å². The van der Waals surface area contributed by atoms with Gasteiger partial charge in [-0.3, -0.25) is 9.59 Å². The fourth-order valence-corrected chi connectivity index (χ4v) is 1.39. The molecule has 1 aromatic heterocycles. The number of ether oxygens (including phenoxy) is 1. The first-order chi connectivity index (χ1) is 10.3. The lowest BCUT2D eigenvalue weighted by molar-refractivity contribution is -0.131. The van der Waals surface area contributed by atoms with Crippen molar-refractivity contribution in [2.24, 2.45) is 0 Å². The van der Waals surface area contributed by atoms with Gasteiger partial charge in [0.15, 0.2) is 0 Å². The molecular formula is C15H14O7. The Labute approximate surface area is 125 Å². The van der Waals surface area contributed by atoms with E-state index in [1.54, 1.807) is 12.1 Å². The molecule has 0 fully saturated rings. The second-order valence-corrected chi connectivity index (χ2v) is 4.08. The topological polar surface area (TPSA) is 114 Å². The lowest BCUT2D eigenvalue weighted by Gasteiger charge is -2.03. The monoisotopic (exact) mass is 306 g/mol. The highest BCUT2D eigenvalue weighted by Gasteiger charge is 2.10. The van der Waals surface area contributed by atoms with Crippen molar-refractivity contribution in [2.45, 2.75) is 13.8 Å². The largest absolute Gasteiger partial charge is 0.502 e. The molecule has 0 unspecified atom stereocenters. The first-order valence-electron chi connectivity index (χ1n) is 6.11. The van der Waals surface area contributed by atoms with Crippen LogP contribution in [0.3, 0.4) is 0 Å². The van der Waals surface area contributed by atoms with Gasteiger partial charge in [0.05, 0.1) is 6.26 Å². The Morgan fingerprint density at radius 2 is 1.82 bits per heavy atom. The molecule has 0 atom stereocenters. The molecule has 2 aromatic rings. The van der Waals surface area contributed by atoms with Crippen molar-refractivity contribution in [3.63, 3.8) is 0 Å². The Hall–Kier alpha value is -3.09. The van der Waals surface area contributed by atoms with Crippen LogP contribution in [-0.4, -0.2) is 22.2 Å². The number of aromatic carboxylic acids is 1. The summed E-state index contributed by atoms with van der Waals surface area (Å²) in [4.78, 5) is 31.7. The SMILES string of the molecule is CC(=O)Oc1ccccc1C(=O)O.Cc1occc(=O)c1O.